The number of hydrogen-bond donors (Lipinski definition) is 0. The van der Waals surface area contributed by atoms with Crippen molar-refractivity contribution in [3.63, 3.8) is 0 Å². The molecule has 0 radical (unpaired) electrons. The Morgan fingerprint density at radius 3 is 0.897 bits per heavy atom. The third-order valence-corrected chi connectivity index (χ3v) is 5.83. The minimum atomic E-state index is 0.177. The molecule has 0 saturated carbocycles. The van der Waals surface area contributed by atoms with E-state index >= 15 is 0 Å². The summed E-state index contributed by atoms with van der Waals surface area (Å²) in [5.74, 6) is 0. The molecule has 0 saturated heterocycles. The van der Waals surface area contributed by atoms with Crippen LogP contribution in [0.1, 0.15) is 0 Å². The Balaban J connectivity index is 1.88. The quantitative estimate of drug-likeness (QED) is 0.279. The van der Waals surface area contributed by atoms with Crippen LogP contribution < -0.4 is 9.80 Å². The lowest BCUT2D eigenvalue weighted by molar-refractivity contribution is 0.720. The molecule has 0 bridgehead atoms. The lowest BCUT2D eigenvalue weighted by Crippen LogP contribution is -2.44. The molecule has 0 aliphatic rings. The minimum Gasteiger partial charge on any atom is -0.321 e. The summed E-state index contributed by atoms with van der Waals surface area (Å²) >= 11 is 1.09. The molecule has 0 aromatic heterocycles. The maximum absolute atomic E-state index is 2.47. The predicted molar refractivity (Wildman–Crippen MR) is 127 cm³/mol. The first-order valence-corrected chi connectivity index (χ1v) is 11.6. The molecule has 3 heteroatoms. The molecule has 2 nitrogen and oxygen atoms in total. The monoisotopic (exact) mass is 392 g/mol. The first-order chi connectivity index (χ1) is 14.4. The van der Waals surface area contributed by atoms with Crippen molar-refractivity contribution in [2.24, 2.45) is 0 Å². The Labute approximate surface area is 181 Å². The van der Waals surface area contributed by atoms with Crippen LogP contribution in [0.15, 0.2) is 121 Å². The van der Waals surface area contributed by atoms with Gasteiger partial charge >= 0.3 is 0 Å². The second kappa shape index (κ2) is 9.48. The maximum atomic E-state index is 2.47. The Morgan fingerprint density at radius 1 is 0.448 bits per heavy atom. The summed E-state index contributed by atoms with van der Waals surface area (Å²) in [6, 6.07) is 42.8. The molecule has 0 atom stereocenters. The number of para-hydroxylation sites is 4. The predicted octanol–water partition coefficient (Wildman–Crippen LogP) is 6.04. The van der Waals surface area contributed by atoms with Gasteiger partial charge in [-0.25, -0.2) is 0 Å². The van der Waals surface area contributed by atoms with Gasteiger partial charge in [0, 0.05) is 22.7 Å². The van der Waals surface area contributed by atoms with E-state index < -0.39 is 0 Å². The lowest BCUT2D eigenvalue weighted by atomic mass is 10.1. The lowest BCUT2D eigenvalue weighted by Gasteiger charge is -2.42. The third kappa shape index (κ3) is 4.38. The molecule has 0 unspecified atom stereocenters. The van der Waals surface area contributed by atoms with Gasteiger partial charge in [-0.1, -0.05) is 78.1 Å². The number of nitrogens with zero attached hydrogens (tertiary/aromatic N) is 2. The molecule has 0 N–H and O–H groups in total. The maximum Gasteiger partial charge on any atom is 0.218 e. The summed E-state index contributed by atoms with van der Waals surface area (Å²) in [5.41, 5.74) is 4.82. The molecular weight excluding hydrogens is 367 g/mol. The summed E-state index contributed by atoms with van der Waals surface area (Å²) in [4.78, 5) is 4.93. The molecule has 0 heterocycles. The molecule has 29 heavy (non-hydrogen) atoms. The fraction of sp³-hybridized carbons (Fsp3) is 0.0769. The molecule has 0 amide bonds. The van der Waals surface area contributed by atoms with Crippen LogP contribution in [0.25, 0.3) is 0 Å². The van der Waals surface area contributed by atoms with Crippen LogP contribution in [-0.4, -0.2) is 22.5 Å². The van der Waals surface area contributed by atoms with E-state index in [1.54, 1.807) is 0 Å². The van der Waals surface area contributed by atoms with Gasteiger partial charge in [0.15, 0.2) is 0 Å². The van der Waals surface area contributed by atoms with Crippen LogP contribution >= 0.6 is 0 Å². The highest BCUT2D eigenvalue weighted by molar-refractivity contribution is 6.09. The fourth-order valence-corrected chi connectivity index (χ4v) is 4.55. The Morgan fingerprint density at radius 2 is 0.690 bits per heavy atom. The van der Waals surface area contributed by atoms with E-state index in [1.807, 2.05) is 0 Å². The van der Waals surface area contributed by atoms with Crippen molar-refractivity contribution in [1.82, 2.24) is 0 Å². The van der Waals surface area contributed by atoms with Crippen LogP contribution in [0.3, 0.4) is 0 Å². The Kier molecular flexibility index (Phi) is 6.32. The van der Waals surface area contributed by atoms with Crippen LogP contribution in [0, 0.1) is 0 Å². The first kappa shape index (κ1) is 19.3. The minimum absolute atomic E-state index is 0.177. The van der Waals surface area contributed by atoms with E-state index in [2.05, 4.69) is 131 Å². The summed E-state index contributed by atoms with van der Waals surface area (Å²) in [7, 11) is 0. The Hall–Kier alpha value is -2.99. The molecular formula is C26H25AlN2. The van der Waals surface area contributed by atoms with Crippen molar-refractivity contribution in [3.8, 4) is 0 Å². The molecule has 142 valence electrons. The van der Waals surface area contributed by atoms with Gasteiger partial charge < -0.3 is 9.80 Å². The standard InChI is InChI=1S/C26H23N2.Al.2H/c1-22(27(23-14-6-2-7-15-23)24-16-8-3-9-17-24)28(25-18-10-4-11-19-25)26-20-12-5-13-21-26;;;/h2-22H,1H2;;;. The van der Waals surface area contributed by atoms with Gasteiger partial charge in [-0.2, -0.15) is 0 Å². The Bertz CT molecular complexity index is 830. The number of anilines is 4. The summed E-state index contributed by atoms with van der Waals surface area (Å²) in [5, 5.41) is 1.09. The molecule has 4 aromatic carbocycles. The van der Waals surface area contributed by atoms with E-state index in [9.17, 15) is 0 Å². The normalized spacial score (nSPS) is 10.7. The number of rotatable bonds is 7. The average Bonchev–Trinajstić information content (AvgIpc) is 2.81. The van der Waals surface area contributed by atoms with Gasteiger partial charge in [-0.15, -0.1) is 0 Å². The zero-order chi connectivity index (χ0) is 19.9. The number of benzene rings is 4. The van der Waals surface area contributed by atoms with Gasteiger partial charge in [0.1, 0.15) is 0 Å². The van der Waals surface area contributed by atoms with Crippen molar-refractivity contribution in [2.75, 3.05) is 9.80 Å². The van der Waals surface area contributed by atoms with E-state index in [0.717, 1.165) is 21.6 Å². The average molecular weight is 392 g/mol. The highest BCUT2D eigenvalue weighted by Gasteiger charge is 2.26. The second-order valence-electron chi connectivity index (χ2n) is 6.97. The molecule has 0 spiro atoms. The van der Waals surface area contributed by atoms with Crippen LogP contribution in [-0.2, 0) is 0 Å². The van der Waals surface area contributed by atoms with Crippen molar-refractivity contribution in [3.05, 3.63) is 121 Å². The second-order valence-corrected chi connectivity index (χ2v) is 7.79. The smallest absolute Gasteiger partial charge is 0.218 e. The molecule has 0 aliphatic carbocycles. The topological polar surface area (TPSA) is 6.48 Å². The molecule has 4 rings (SSSR count). The summed E-state index contributed by atoms with van der Waals surface area (Å²) in [6.45, 7) is 0. The van der Waals surface area contributed by atoms with E-state index in [-0.39, 0.29) is 6.17 Å². The van der Waals surface area contributed by atoms with Crippen LogP contribution in [0.4, 0.5) is 22.7 Å². The van der Waals surface area contributed by atoms with Crippen molar-refractivity contribution < 1.29 is 0 Å². The molecule has 0 fully saturated rings. The number of hydrogen-bond acceptors (Lipinski definition) is 2. The van der Waals surface area contributed by atoms with Gasteiger partial charge in [0.05, 0.1) is 6.17 Å². The van der Waals surface area contributed by atoms with Crippen molar-refractivity contribution >= 4 is 39.0 Å². The van der Waals surface area contributed by atoms with E-state index in [1.165, 1.54) is 22.7 Å². The molecule has 4 aromatic rings. The van der Waals surface area contributed by atoms with E-state index in [0.29, 0.717) is 0 Å². The van der Waals surface area contributed by atoms with Gasteiger partial charge in [0.2, 0.25) is 16.3 Å². The fourth-order valence-electron chi connectivity index (χ4n) is 3.82. The third-order valence-electron chi connectivity index (χ3n) is 5.10. The van der Waals surface area contributed by atoms with Gasteiger partial charge in [0.25, 0.3) is 0 Å². The van der Waals surface area contributed by atoms with Crippen molar-refractivity contribution in [1.29, 1.82) is 0 Å². The zero-order valence-electron chi connectivity index (χ0n) is 16.7. The van der Waals surface area contributed by atoms with Crippen molar-refractivity contribution in [2.45, 2.75) is 11.4 Å². The summed E-state index contributed by atoms with van der Waals surface area (Å²) in [6.07, 6.45) is 0.177. The SMILES string of the molecule is [AlH2][CH2]C(N(c1ccccc1)c1ccccc1)N(c1ccccc1)c1ccccc1. The largest absolute Gasteiger partial charge is 0.321 e. The van der Waals surface area contributed by atoms with Crippen LogP contribution in [0.2, 0.25) is 5.28 Å². The highest BCUT2D eigenvalue weighted by Crippen LogP contribution is 2.36. The van der Waals surface area contributed by atoms with Gasteiger partial charge in [-0.3, -0.25) is 0 Å². The first-order valence-electron chi connectivity index (χ1n) is 10.2. The van der Waals surface area contributed by atoms with E-state index in [4.69, 9.17) is 0 Å². The molecule has 0 aliphatic heterocycles. The van der Waals surface area contributed by atoms with Gasteiger partial charge in [-0.05, 0) is 48.5 Å². The summed E-state index contributed by atoms with van der Waals surface area (Å²) < 4.78 is 0. The zero-order valence-corrected chi connectivity index (χ0v) is 18.7. The van der Waals surface area contributed by atoms with Crippen LogP contribution in [0.5, 0.6) is 0 Å². The highest BCUT2D eigenvalue weighted by atomic mass is 27.0.